The predicted molar refractivity (Wildman–Crippen MR) is 94.8 cm³/mol. The van der Waals surface area contributed by atoms with Crippen LogP contribution < -0.4 is 10.9 Å². The fraction of sp³-hybridized carbons (Fsp3) is 0. The first-order valence-corrected chi connectivity index (χ1v) is 7.66. The van der Waals surface area contributed by atoms with Gasteiger partial charge in [-0.25, -0.2) is 0 Å². The van der Waals surface area contributed by atoms with Crippen molar-refractivity contribution in [3.63, 3.8) is 0 Å². The van der Waals surface area contributed by atoms with E-state index in [1.54, 1.807) is 0 Å². The average molecular weight is 389 g/mol. The number of nitrogens with zero attached hydrogens (tertiary/aromatic N) is 2. The van der Waals surface area contributed by atoms with Gasteiger partial charge in [0.15, 0.2) is 0 Å². The maximum atomic E-state index is 12.5. The fourth-order valence-corrected chi connectivity index (χ4v) is 2.49. The molecule has 2 N–H and O–H groups in total. The molecule has 0 fully saturated rings. The number of amides is 1. The molecule has 3 aromatic rings. The van der Waals surface area contributed by atoms with Crippen molar-refractivity contribution in [2.75, 3.05) is 5.32 Å². The van der Waals surface area contributed by atoms with Crippen molar-refractivity contribution < 1.29 is 19.1 Å². The number of fused-ring (bicyclic) bond motifs is 1. The molecule has 0 saturated heterocycles. The Morgan fingerprint density at radius 1 is 1.04 bits per heavy atom. The number of benzene rings is 2. The van der Waals surface area contributed by atoms with Gasteiger partial charge >= 0.3 is 0 Å². The number of carbonyl (C=O) groups is 1. The van der Waals surface area contributed by atoms with E-state index < -0.39 is 21.3 Å². The average Bonchev–Trinajstić information content (AvgIpc) is 2.62. The van der Waals surface area contributed by atoms with Gasteiger partial charge in [-0.1, -0.05) is 11.6 Å². The molecule has 0 aliphatic heterocycles. The highest BCUT2D eigenvalue weighted by atomic mass is 35.5. The number of nitro benzene ring substituents is 2. The van der Waals surface area contributed by atoms with Crippen LogP contribution in [0, 0.1) is 25.6 Å². The van der Waals surface area contributed by atoms with Crippen LogP contribution in [0.2, 0.25) is 5.02 Å². The van der Waals surface area contributed by atoms with Gasteiger partial charge in [-0.3, -0.25) is 30.4 Å². The van der Waals surface area contributed by atoms with Crippen LogP contribution in [0.25, 0.3) is 11.0 Å². The number of nitrogens with one attached hydrogen (secondary N) is 2. The molecule has 3 rings (SSSR count). The molecule has 1 heterocycles. The zero-order valence-electron chi connectivity index (χ0n) is 13.3. The molecule has 2 aromatic carbocycles. The zero-order valence-corrected chi connectivity index (χ0v) is 14.0. The first-order chi connectivity index (χ1) is 12.8. The summed E-state index contributed by atoms with van der Waals surface area (Å²) in [7, 11) is 0. The third-order valence-electron chi connectivity index (χ3n) is 3.61. The Kier molecular flexibility index (Phi) is 4.57. The van der Waals surface area contributed by atoms with Crippen molar-refractivity contribution in [2.45, 2.75) is 0 Å². The number of rotatable bonds is 4. The molecule has 27 heavy (non-hydrogen) atoms. The van der Waals surface area contributed by atoms with Crippen LogP contribution in [-0.2, 0) is 0 Å². The molecule has 11 heteroatoms. The third kappa shape index (κ3) is 3.60. The molecule has 1 amide bonds. The Balaban J connectivity index is 2.01. The highest BCUT2D eigenvalue weighted by Gasteiger charge is 2.17. The second kappa shape index (κ2) is 6.84. The van der Waals surface area contributed by atoms with Crippen molar-refractivity contribution in [1.29, 1.82) is 5.41 Å². The van der Waals surface area contributed by atoms with Crippen molar-refractivity contribution in [1.82, 2.24) is 0 Å². The normalized spacial score (nSPS) is 10.6. The lowest BCUT2D eigenvalue weighted by atomic mass is 10.1. The first-order valence-electron chi connectivity index (χ1n) is 7.28. The summed E-state index contributed by atoms with van der Waals surface area (Å²) in [4.78, 5) is 33.0. The molecule has 0 radical (unpaired) electrons. The summed E-state index contributed by atoms with van der Waals surface area (Å²) in [6.45, 7) is 0. The summed E-state index contributed by atoms with van der Waals surface area (Å²) in [5.41, 5.74) is -1.01. The fourth-order valence-electron chi connectivity index (χ4n) is 2.32. The number of hydrogen-bond acceptors (Lipinski definition) is 7. The zero-order chi connectivity index (χ0) is 19.7. The van der Waals surface area contributed by atoms with Gasteiger partial charge in [-0.15, -0.1) is 0 Å². The molecule has 0 unspecified atom stereocenters. The summed E-state index contributed by atoms with van der Waals surface area (Å²) in [6, 6.07) is 8.51. The lowest BCUT2D eigenvalue weighted by molar-refractivity contribution is -0.384. The van der Waals surface area contributed by atoms with E-state index in [0.717, 1.165) is 6.07 Å². The molecule has 0 atom stereocenters. The van der Waals surface area contributed by atoms with Gasteiger partial charge in [0.1, 0.15) is 11.1 Å². The van der Waals surface area contributed by atoms with E-state index in [1.165, 1.54) is 36.4 Å². The lowest BCUT2D eigenvalue weighted by Crippen LogP contribution is -2.21. The monoisotopic (exact) mass is 388 g/mol. The molecule has 0 aliphatic rings. The van der Waals surface area contributed by atoms with Crippen molar-refractivity contribution in [2.24, 2.45) is 0 Å². The van der Waals surface area contributed by atoms with Crippen LogP contribution in [0.4, 0.5) is 17.1 Å². The topological polar surface area (TPSA) is 152 Å². The van der Waals surface area contributed by atoms with E-state index >= 15 is 0 Å². The van der Waals surface area contributed by atoms with Crippen molar-refractivity contribution in [3.8, 4) is 0 Å². The number of non-ortho nitro benzene ring substituents is 2. The first kappa shape index (κ1) is 18.0. The third-order valence-corrected chi connectivity index (χ3v) is 3.94. The van der Waals surface area contributed by atoms with E-state index in [4.69, 9.17) is 21.4 Å². The van der Waals surface area contributed by atoms with Crippen molar-refractivity contribution in [3.05, 3.63) is 78.8 Å². The van der Waals surface area contributed by atoms with E-state index in [-0.39, 0.29) is 38.6 Å². The van der Waals surface area contributed by atoms with Gasteiger partial charge in [-0.05, 0) is 18.2 Å². The molecule has 0 bridgehead atoms. The quantitative estimate of drug-likeness (QED) is 0.514. The van der Waals surface area contributed by atoms with E-state index in [9.17, 15) is 25.0 Å². The minimum atomic E-state index is -0.806. The molecule has 136 valence electrons. The lowest BCUT2D eigenvalue weighted by Gasteiger charge is -2.08. The van der Waals surface area contributed by atoms with E-state index in [0.29, 0.717) is 0 Å². The summed E-state index contributed by atoms with van der Waals surface area (Å²) >= 11 is 5.94. The smallest absolute Gasteiger partial charge is 0.271 e. The van der Waals surface area contributed by atoms with Gasteiger partial charge in [0.05, 0.1) is 20.6 Å². The second-order valence-corrected chi connectivity index (χ2v) is 5.75. The molecular formula is C16H9ClN4O6. The maximum Gasteiger partial charge on any atom is 0.271 e. The minimum Gasteiger partial charge on any atom is -0.438 e. The summed E-state index contributed by atoms with van der Waals surface area (Å²) in [5.74, 6) is -0.806. The molecular weight excluding hydrogens is 380 g/mol. The van der Waals surface area contributed by atoms with Crippen LogP contribution in [-0.4, -0.2) is 15.8 Å². The number of carbonyl (C=O) groups excluding carboxylic acids is 1. The summed E-state index contributed by atoms with van der Waals surface area (Å²) < 4.78 is 5.22. The predicted octanol–water partition coefficient (Wildman–Crippen LogP) is 3.63. The summed E-state index contributed by atoms with van der Waals surface area (Å²) in [5, 5.41) is 32.3. The molecule has 1 aromatic heterocycles. The van der Waals surface area contributed by atoms with Gasteiger partial charge in [-0.2, -0.15) is 0 Å². The van der Waals surface area contributed by atoms with Crippen LogP contribution in [0.1, 0.15) is 10.4 Å². The Morgan fingerprint density at radius 2 is 1.67 bits per heavy atom. The molecule has 10 nitrogen and oxygen atoms in total. The standard InChI is InChI=1S/C16H9ClN4O6/c17-12-3-1-10(21(25)26)7-13(12)19-16(22)11-6-8-5-9(20(23)24)2-4-14(8)27-15(11)18/h1-7,18H,(H,19,22). The second-order valence-electron chi connectivity index (χ2n) is 5.34. The Labute approximate surface area is 154 Å². The highest BCUT2D eigenvalue weighted by molar-refractivity contribution is 6.34. The van der Waals surface area contributed by atoms with Crippen LogP contribution in [0.3, 0.4) is 0 Å². The SMILES string of the molecule is N=c1oc2ccc([N+](=O)[O-])cc2cc1C(=O)Nc1cc([N+](=O)[O-])ccc1Cl. The van der Waals surface area contributed by atoms with E-state index in [2.05, 4.69) is 5.32 Å². The Bertz CT molecular complexity index is 1170. The van der Waals surface area contributed by atoms with Crippen LogP contribution in [0.5, 0.6) is 0 Å². The maximum absolute atomic E-state index is 12.5. The van der Waals surface area contributed by atoms with Gasteiger partial charge in [0.25, 0.3) is 17.3 Å². The molecule has 0 aliphatic carbocycles. The van der Waals surface area contributed by atoms with E-state index in [1.807, 2.05) is 0 Å². The Morgan fingerprint density at radius 3 is 2.33 bits per heavy atom. The van der Waals surface area contributed by atoms with Gasteiger partial charge in [0.2, 0.25) is 5.55 Å². The highest BCUT2D eigenvalue weighted by Crippen LogP contribution is 2.27. The summed E-state index contributed by atoms with van der Waals surface area (Å²) in [6.07, 6.45) is 0. The van der Waals surface area contributed by atoms with Crippen LogP contribution >= 0.6 is 11.6 Å². The minimum absolute atomic E-state index is 0.0191. The van der Waals surface area contributed by atoms with Gasteiger partial charge in [0, 0.05) is 29.7 Å². The van der Waals surface area contributed by atoms with Crippen molar-refractivity contribution >= 4 is 45.5 Å². The Hall–Kier alpha value is -3.79. The van der Waals surface area contributed by atoms with Gasteiger partial charge < -0.3 is 9.73 Å². The number of nitro groups is 2. The molecule has 0 spiro atoms. The van der Waals surface area contributed by atoms with Crippen LogP contribution in [0.15, 0.2) is 46.9 Å². The largest absolute Gasteiger partial charge is 0.438 e. The number of hydrogen-bond donors (Lipinski definition) is 2. The molecule has 0 saturated carbocycles. The number of anilines is 1. The number of halogens is 1.